The lowest BCUT2D eigenvalue weighted by Crippen LogP contribution is -2.07. The van der Waals surface area contributed by atoms with Crippen molar-refractivity contribution < 1.29 is 23.5 Å². The SMILES string of the molecule is COC(=O)c1cc(Nc2cccc(F)c2)cc(C(=O)OC)c1. The van der Waals surface area contributed by atoms with E-state index in [9.17, 15) is 14.0 Å². The third-order valence-corrected chi connectivity index (χ3v) is 2.89. The lowest BCUT2D eigenvalue weighted by molar-refractivity contribution is 0.0599. The average molecular weight is 303 g/mol. The van der Waals surface area contributed by atoms with Gasteiger partial charge in [-0.25, -0.2) is 14.0 Å². The Morgan fingerprint density at radius 2 is 1.50 bits per heavy atom. The van der Waals surface area contributed by atoms with E-state index in [0.717, 1.165) is 0 Å². The number of carbonyl (C=O) groups is 2. The fourth-order valence-corrected chi connectivity index (χ4v) is 1.90. The molecule has 0 saturated heterocycles. The zero-order chi connectivity index (χ0) is 16.1. The molecular formula is C16H14FNO4. The summed E-state index contributed by atoms with van der Waals surface area (Å²) in [7, 11) is 2.49. The quantitative estimate of drug-likeness (QED) is 0.879. The predicted molar refractivity (Wildman–Crippen MR) is 78.8 cm³/mol. The van der Waals surface area contributed by atoms with Gasteiger partial charge in [0.25, 0.3) is 0 Å². The summed E-state index contributed by atoms with van der Waals surface area (Å²) >= 11 is 0. The monoisotopic (exact) mass is 303 g/mol. The molecule has 6 heteroatoms. The molecule has 2 aromatic rings. The Balaban J connectivity index is 2.41. The van der Waals surface area contributed by atoms with Gasteiger partial charge in [-0.2, -0.15) is 0 Å². The van der Waals surface area contributed by atoms with E-state index in [0.29, 0.717) is 11.4 Å². The van der Waals surface area contributed by atoms with Crippen molar-refractivity contribution >= 4 is 23.3 Å². The predicted octanol–water partition coefficient (Wildman–Crippen LogP) is 3.14. The maximum Gasteiger partial charge on any atom is 0.337 e. The van der Waals surface area contributed by atoms with Crippen LogP contribution in [0.15, 0.2) is 42.5 Å². The molecule has 0 radical (unpaired) electrons. The molecule has 22 heavy (non-hydrogen) atoms. The van der Waals surface area contributed by atoms with Crippen molar-refractivity contribution in [3.05, 3.63) is 59.4 Å². The van der Waals surface area contributed by atoms with Crippen molar-refractivity contribution in [2.24, 2.45) is 0 Å². The Bertz CT molecular complexity index is 681. The molecule has 0 aliphatic rings. The lowest BCUT2D eigenvalue weighted by atomic mass is 10.1. The number of nitrogens with one attached hydrogen (secondary N) is 1. The Labute approximate surface area is 126 Å². The van der Waals surface area contributed by atoms with Crippen molar-refractivity contribution in [2.45, 2.75) is 0 Å². The largest absolute Gasteiger partial charge is 0.465 e. The number of halogens is 1. The van der Waals surface area contributed by atoms with Crippen LogP contribution in [0.2, 0.25) is 0 Å². The summed E-state index contributed by atoms with van der Waals surface area (Å²) in [5, 5.41) is 2.93. The second-order valence-electron chi connectivity index (χ2n) is 4.42. The first-order chi connectivity index (χ1) is 10.5. The molecule has 0 aliphatic carbocycles. The number of hydrogen-bond donors (Lipinski definition) is 1. The van der Waals surface area contributed by atoms with E-state index in [1.807, 2.05) is 0 Å². The van der Waals surface area contributed by atoms with Crippen molar-refractivity contribution in [2.75, 3.05) is 19.5 Å². The molecule has 0 amide bonds. The van der Waals surface area contributed by atoms with Gasteiger partial charge in [-0.05, 0) is 36.4 Å². The van der Waals surface area contributed by atoms with Gasteiger partial charge in [0.15, 0.2) is 0 Å². The van der Waals surface area contributed by atoms with Crippen molar-refractivity contribution in [3.8, 4) is 0 Å². The van der Waals surface area contributed by atoms with Crippen LogP contribution in [-0.4, -0.2) is 26.2 Å². The van der Waals surface area contributed by atoms with E-state index < -0.39 is 17.8 Å². The number of methoxy groups -OCH3 is 2. The van der Waals surface area contributed by atoms with Gasteiger partial charge >= 0.3 is 11.9 Å². The summed E-state index contributed by atoms with van der Waals surface area (Å²) in [5.41, 5.74) is 1.29. The number of benzene rings is 2. The normalized spacial score (nSPS) is 9.95. The number of esters is 2. The van der Waals surface area contributed by atoms with Gasteiger partial charge in [-0.15, -0.1) is 0 Å². The maximum absolute atomic E-state index is 13.2. The maximum atomic E-state index is 13.2. The summed E-state index contributed by atoms with van der Waals surface area (Å²) in [6, 6.07) is 10.2. The van der Waals surface area contributed by atoms with Crippen LogP contribution in [0, 0.1) is 5.82 Å². The summed E-state index contributed by atoms with van der Waals surface area (Å²) in [5.74, 6) is -1.58. The summed E-state index contributed by atoms with van der Waals surface area (Å²) in [6.07, 6.45) is 0. The molecule has 0 fully saturated rings. The van der Waals surface area contributed by atoms with Crippen LogP contribution >= 0.6 is 0 Å². The van der Waals surface area contributed by atoms with Gasteiger partial charge in [-0.3, -0.25) is 0 Å². The van der Waals surface area contributed by atoms with Crippen molar-refractivity contribution in [3.63, 3.8) is 0 Å². The molecule has 114 valence electrons. The van der Waals surface area contributed by atoms with E-state index in [4.69, 9.17) is 0 Å². The van der Waals surface area contributed by atoms with Gasteiger partial charge in [0, 0.05) is 11.4 Å². The van der Waals surface area contributed by atoms with E-state index in [-0.39, 0.29) is 11.1 Å². The standard InChI is InChI=1S/C16H14FNO4/c1-21-15(19)10-6-11(16(20)22-2)8-14(7-10)18-13-5-3-4-12(17)9-13/h3-9,18H,1-2H3. The van der Waals surface area contributed by atoms with E-state index >= 15 is 0 Å². The molecule has 0 unspecified atom stereocenters. The molecule has 2 rings (SSSR count). The Hall–Kier alpha value is -2.89. The second-order valence-corrected chi connectivity index (χ2v) is 4.42. The highest BCUT2D eigenvalue weighted by atomic mass is 19.1. The number of hydrogen-bond acceptors (Lipinski definition) is 5. The third kappa shape index (κ3) is 3.60. The van der Waals surface area contributed by atoms with Crippen LogP contribution in [0.3, 0.4) is 0 Å². The van der Waals surface area contributed by atoms with Crippen LogP contribution in [0.5, 0.6) is 0 Å². The highest BCUT2D eigenvalue weighted by Crippen LogP contribution is 2.21. The lowest BCUT2D eigenvalue weighted by Gasteiger charge is -2.10. The molecule has 1 N–H and O–H groups in total. The molecular weight excluding hydrogens is 289 g/mol. The van der Waals surface area contributed by atoms with Crippen LogP contribution in [-0.2, 0) is 9.47 Å². The van der Waals surface area contributed by atoms with E-state index in [1.165, 1.54) is 44.6 Å². The summed E-state index contributed by atoms with van der Waals surface area (Å²) in [4.78, 5) is 23.3. The number of ether oxygens (including phenoxy) is 2. The topological polar surface area (TPSA) is 64.6 Å². The highest BCUT2D eigenvalue weighted by Gasteiger charge is 2.14. The van der Waals surface area contributed by atoms with E-state index in [2.05, 4.69) is 14.8 Å². The van der Waals surface area contributed by atoms with Gasteiger partial charge in [0.05, 0.1) is 25.3 Å². The summed E-state index contributed by atoms with van der Waals surface area (Å²) < 4.78 is 22.5. The fourth-order valence-electron chi connectivity index (χ4n) is 1.90. The van der Waals surface area contributed by atoms with Crippen LogP contribution < -0.4 is 5.32 Å². The molecule has 0 bridgehead atoms. The molecule has 2 aromatic carbocycles. The zero-order valence-electron chi connectivity index (χ0n) is 12.1. The van der Waals surface area contributed by atoms with Crippen LogP contribution in [0.4, 0.5) is 15.8 Å². The molecule has 0 spiro atoms. The van der Waals surface area contributed by atoms with Gasteiger partial charge in [-0.1, -0.05) is 6.07 Å². The van der Waals surface area contributed by atoms with Gasteiger partial charge < -0.3 is 14.8 Å². The Kier molecular flexibility index (Phi) is 4.73. The first kappa shape index (κ1) is 15.5. The molecule has 0 heterocycles. The number of carbonyl (C=O) groups excluding carboxylic acids is 2. The third-order valence-electron chi connectivity index (χ3n) is 2.89. The Morgan fingerprint density at radius 3 is 2.00 bits per heavy atom. The smallest absolute Gasteiger partial charge is 0.337 e. The highest BCUT2D eigenvalue weighted by molar-refractivity contribution is 5.97. The number of rotatable bonds is 4. The van der Waals surface area contributed by atoms with Crippen LogP contribution in [0.1, 0.15) is 20.7 Å². The minimum atomic E-state index is -0.590. The summed E-state index contributed by atoms with van der Waals surface area (Å²) in [6.45, 7) is 0. The van der Waals surface area contributed by atoms with Gasteiger partial charge in [0.1, 0.15) is 5.82 Å². The fraction of sp³-hybridized carbons (Fsp3) is 0.125. The molecule has 0 aliphatic heterocycles. The Morgan fingerprint density at radius 1 is 0.909 bits per heavy atom. The van der Waals surface area contributed by atoms with Crippen molar-refractivity contribution in [1.29, 1.82) is 0 Å². The second kappa shape index (κ2) is 6.71. The van der Waals surface area contributed by atoms with Crippen LogP contribution in [0.25, 0.3) is 0 Å². The number of anilines is 2. The first-order valence-corrected chi connectivity index (χ1v) is 6.38. The van der Waals surface area contributed by atoms with Crippen molar-refractivity contribution in [1.82, 2.24) is 0 Å². The zero-order valence-corrected chi connectivity index (χ0v) is 12.1. The molecule has 0 aromatic heterocycles. The average Bonchev–Trinajstić information content (AvgIpc) is 2.53. The molecule has 0 atom stereocenters. The van der Waals surface area contributed by atoms with Gasteiger partial charge in [0.2, 0.25) is 0 Å². The molecule has 0 saturated carbocycles. The minimum absolute atomic E-state index is 0.185. The molecule has 5 nitrogen and oxygen atoms in total. The minimum Gasteiger partial charge on any atom is -0.465 e. The van der Waals surface area contributed by atoms with E-state index in [1.54, 1.807) is 12.1 Å². The first-order valence-electron chi connectivity index (χ1n) is 6.38.